The fraction of sp³-hybridized carbons (Fsp3) is 1.00. The Balaban J connectivity index is 2.51. The number of rotatable bonds is 5. The van der Waals surface area contributed by atoms with Crippen molar-refractivity contribution >= 4 is 20.6 Å². The van der Waals surface area contributed by atoms with Gasteiger partial charge in [-0.1, -0.05) is 12.8 Å². The van der Waals surface area contributed by atoms with Crippen molar-refractivity contribution in [3.8, 4) is 0 Å². The minimum Gasteiger partial charge on any atom is -0.330 e. The first-order valence-electron chi connectivity index (χ1n) is 5.69. The van der Waals surface area contributed by atoms with Gasteiger partial charge in [0.2, 0.25) is 0 Å². The lowest BCUT2D eigenvalue weighted by Gasteiger charge is -2.29. The van der Waals surface area contributed by atoms with Crippen molar-refractivity contribution in [1.82, 2.24) is 0 Å². The summed E-state index contributed by atoms with van der Waals surface area (Å²) in [7, 11) is -4.05. The van der Waals surface area contributed by atoms with Crippen LogP contribution in [-0.2, 0) is 20.6 Å². The molecule has 3 atom stereocenters. The summed E-state index contributed by atoms with van der Waals surface area (Å²) in [6.07, 6.45) is 5.39. The second-order valence-electron chi connectivity index (χ2n) is 4.53. The number of sulfone groups is 1. The molecule has 1 aliphatic rings. The van der Waals surface area contributed by atoms with Crippen LogP contribution in [0.5, 0.6) is 0 Å². The van der Waals surface area contributed by atoms with Gasteiger partial charge in [-0.05, 0) is 25.3 Å². The Morgan fingerprint density at radius 3 is 2.50 bits per heavy atom. The Labute approximate surface area is 100 Å². The number of nitrogens with two attached hydrogens (primary N) is 1. The van der Waals surface area contributed by atoms with Crippen molar-refractivity contribution in [2.75, 3.05) is 24.3 Å². The third kappa shape index (κ3) is 4.51. The fourth-order valence-electron chi connectivity index (χ4n) is 2.17. The van der Waals surface area contributed by atoms with Crippen LogP contribution in [0.3, 0.4) is 0 Å². The van der Waals surface area contributed by atoms with Gasteiger partial charge in [-0.25, -0.2) is 8.42 Å². The van der Waals surface area contributed by atoms with Gasteiger partial charge < -0.3 is 5.73 Å². The highest BCUT2D eigenvalue weighted by molar-refractivity contribution is 7.92. The topological polar surface area (TPSA) is 77.2 Å². The summed E-state index contributed by atoms with van der Waals surface area (Å²) in [6, 6.07) is 0. The minimum absolute atomic E-state index is 0.0212. The molecule has 1 saturated carbocycles. The predicted molar refractivity (Wildman–Crippen MR) is 67.5 cm³/mol. The van der Waals surface area contributed by atoms with Gasteiger partial charge in [0.1, 0.15) is 9.84 Å². The van der Waals surface area contributed by atoms with Gasteiger partial charge in [0.05, 0.1) is 5.75 Å². The number of hydrogen-bond acceptors (Lipinski definition) is 4. The van der Waals surface area contributed by atoms with Crippen molar-refractivity contribution in [2.24, 2.45) is 11.7 Å². The van der Waals surface area contributed by atoms with E-state index in [4.69, 9.17) is 5.73 Å². The van der Waals surface area contributed by atoms with Crippen LogP contribution in [0.1, 0.15) is 25.7 Å². The molecule has 2 N–H and O–H groups in total. The van der Waals surface area contributed by atoms with E-state index in [1.54, 1.807) is 0 Å². The first kappa shape index (κ1) is 14.1. The first-order valence-corrected chi connectivity index (χ1v) is 9.13. The van der Waals surface area contributed by atoms with Crippen molar-refractivity contribution in [3.05, 3.63) is 0 Å². The molecule has 0 aromatic heterocycles. The molecule has 3 unspecified atom stereocenters. The zero-order chi connectivity index (χ0) is 12.2. The van der Waals surface area contributed by atoms with E-state index >= 15 is 0 Å². The van der Waals surface area contributed by atoms with Crippen molar-refractivity contribution in [2.45, 2.75) is 30.9 Å². The third-order valence-corrected chi connectivity index (χ3v) is 6.24. The molecule has 0 amide bonds. The maximum Gasteiger partial charge on any atom is 0.148 e. The zero-order valence-electron chi connectivity index (χ0n) is 9.72. The second kappa shape index (κ2) is 6.12. The van der Waals surface area contributed by atoms with Crippen LogP contribution >= 0.6 is 0 Å². The summed E-state index contributed by atoms with van der Waals surface area (Å²) in [6.45, 7) is 0.565. The maximum absolute atomic E-state index is 12.0. The van der Waals surface area contributed by atoms with Crippen LogP contribution in [0, 0.1) is 5.92 Å². The van der Waals surface area contributed by atoms with Crippen molar-refractivity contribution < 1.29 is 12.6 Å². The zero-order valence-corrected chi connectivity index (χ0v) is 11.4. The second-order valence-corrected chi connectivity index (χ2v) is 8.57. The van der Waals surface area contributed by atoms with Crippen molar-refractivity contribution in [3.63, 3.8) is 0 Å². The Morgan fingerprint density at radius 1 is 1.31 bits per heavy atom. The molecule has 0 bridgehead atoms. The van der Waals surface area contributed by atoms with Gasteiger partial charge in [0, 0.05) is 28.1 Å². The molecule has 1 aliphatic carbocycles. The lowest BCUT2D eigenvalue weighted by atomic mass is 9.89. The van der Waals surface area contributed by atoms with E-state index in [1.165, 1.54) is 6.26 Å². The van der Waals surface area contributed by atoms with E-state index in [0.717, 1.165) is 25.7 Å². The van der Waals surface area contributed by atoms with Crippen molar-refractivity contribution in [1.29, 1.82) is 0 Å². The van der Waals surface area contributed by atoms with E-state index in [9.17, 15) is 12.6 Å². The lowest BCUT2D eigenvalue weighted by Crippen LogP contribution is -2.36. The minimum atomic E-state index is -3.01. The summed E-state index contributed by atoms with van der Waals surface area (Å²) in [5.74, 6) is 0.599. The van der Waals surface area contributed by atoms with Gasteiger partial charge in [0.25, 0.3) is 0 Å². The van der Waals surface area contributed by atoms with Crippen LogP contribution in [0.2, 0.25) is 0 Å². The van der Waals surface area contributed by atoms with Crippen LogP contribution < -0.4 is 5.73 Å². The summed E-state index contributed by atoms with van der Waals surface area (Å²) in [4.78, 5) is 0. The van der Waals surface area contributed by atoms with E-state index < -0.39 is 20.6 Å². The largest absolute Gasteiger partial charge is 0.330 e. The maximum atomic E-state index is 12.0. The Hall–Kier alpha value is 0.0600. The molecule has 0 saturated heterocycles. The highest BCUT2D eigenvalue weighted by Crippen LogP contribution is 2.27. The number of hydrogen-bond donors (Lipinski definition) is 1. The monoisotopic (exact) mass is 267 g/mol. The highest BCUT2D eigenvalue weighted by atomic mass is 32.2. The highest BCUT2D eigenvalue weighted by Gasteiger charge is 2.28. The normalized spacial score (nSPS) is 28.9. The molecule has 0 aliphatic heterocycles. The molecule has 0 spiro atoms. The van der Waals surface area contributed by atoms with Gasteiger partial charge >= 0.3 is 0 Å². The van der Waals surface area contributed by atoms with Gasteiger partial charge in [-0.2, -0.15) is 0 Å². The van der Waals surface area contributed by atoms with Crippen LogP contribution in [0.25, 0.3) is 0 Å². The van der Waals surface area contributed by atoms with Crippen LogP contribution in [0.4, 0.5) is 0 Å². The first-order chi connectivity index (χ1) is 7.44. The predicted octanol–water partition coefficient (Wildman–Crippen LogP) is 0.297. The molecular formula is C10H21NO3S2. The van der Waals surface area contributed by atoms with Gasteiger partial charge in [-0.3, -0.25) is 4.21 Å². The standard InChI is InChI=1S/C10H21NO3S2/c1-16(13,14)7-6-15(12)10-5-3-2-4-9(10)8-11/h9-10H,2-8,11H2,1H3. The fourth-order valence-corrected chi connectivity index (χ4v) is 5.45. The quantitative estimate of drug-likeness (QED) is 0.777. The average molecular weight is 267 g/mol. The Kier molecular flexibility index (Phi) is 5.40. The molecule has 6 heteroatoms. The van der Waals surface area contributed by atoms with Gasteiger partial charge in [0.15, 0.2) is 0 Å². The van der Waals surface area contributed by atoms with Crippen LogP contribution in [0.15, 0.2) is 0 Å². The summed E-state index contributed by atoms with van der Waals surface area (Å²) in [5.41, 5.74) is 5.66. The summed E-state index contributed by atoms with van der Waals surface area (Å²) < 4.78 is 34.0. The molecule has 96 valence electrons. The summed E-state index contributed by atoms with van der Waals surface area (Å²) >= 11 is 0. The van der Waals surface area contributed by atoms with Gasteiger partial charge in [-0.15, -0.1) is 0 Å². The molecule has 0 aromatic carbocycles. The van der Waals surface area contributed by atoms with E-state index in [-0.39, 0.29) is 16.8 Å². The van der Waals surface area contributed by atoms with E-state index in [2.05, 4.69) is 0 Å². The molecule has 16 heavy (non-hydrogen) atoms. The van der Waals surface area contributed by atoms with Crippen LogP contribution in [-0.4, -0.2) is 42.2 Å². The molecule has 0 radical (unpaired) electrons. The average Bonchev–Trinajstić information content (AvgIpc) is 2.25. The molecule has 0 heterocycles. The molecule has 0 aromatic rings. The summed E-state index contributed by atoms with van der Waals surface area (Å²) in [5, 5.41) is 0.112. The smallest absolute Gasteiger partial charge is 0.148 e. The van der Waals surface area contributed by atoms with E-state index in [0.29, 0.717) is 12.5 Å². The molecule has 1 fully saturated rings. The van der Waals surface area contributed by atoms with E-state index in [1.807, 2.05) is 0 Å². The Bertz CT molecular complexity index is 340. The lowest BCUT2D eigenvalue weighted by molar-refractivity contribution is 0.372. The molecular weight excluding hydrogens is 246 g/mol. The Morgan fingerprint density at radius 2 is 1.94 bits per heavy atom. The SMILES string of the molecule is CS(=O)(=O)CCS(=O)C1CCCCC1CN. The molecule has 4 nitrogen and oxygen atoms in total. The molecule has 1 rings (SSSR count). The third-order valence-electron chi connectivity index (χ3n) is 3.14.